The lowest BCUT2D eigenvalue weighted by Crippen LogP contribution is -2.50. The minimum atomic E-state index is -0.409. The van der Waals surface area contributed by atoms with E-state index in [4.69, 9.17) is 18.9 Å². The summed E-state index contributed by atoms with van der Waals surface area (Å²) in [7, 11) is 5.39. The average Bonchev–Trinajstić information content (AvgIpc) is 2.54. The molecular formula is C9H17BO4. The fourth-order valence-electron chi connectivity index (χ4n) is 2.66. The van der Waals surface area contributed by atoms with Crippen molar-refractivity contribution in [2.75, 3.05) is 20.8 Å². The molecular weight excluding hydrogens is 183 g/mol. The fourth-order valence-corrected chi connectivity index (χ4v) is 2.66. The molecule has 2 aliphatic rings. The van der Waals surface area contributed by atoms with Gasteiger partial charge >= 0.3 is 0 Å². The van der Waals surface area contributed by atoms with Crippen molar-refractivity contribution in [3.05, 3.63) is 0 Å². The first-order valence-corrected chi connectivity index (χ1v) is 5.00. The zero-order chi connectivity index (χ0) is 10.3. The number of ether oxygens (including phenoxy) is 4. The van der Waals surface area contributed by atoms with Crippen molar-refractivity contribution >= 4 is 7.85 Å². The molecule has 14 heavy (non-hydrogen) atoms. The molecule has 0 radical (unpaired) electrons. The van der Waals surface area contributed by atoms with Crippen LogP contribution in [-0.4, -0.2) is 58.6 Å². The maximum Gasteiger partial charge on any atom is 0.145 e. The van der Waals surface area contributed by atoms with E-state index in [9.17, 15) is 0 Å². The molecule has 5 unspecified atom stereocenters. The van der Waals surface area contributed by atoms with Gasteiger partial charge in [-0.05, 0) is 6.92 Å². The Morgan fingerprint density at radius 1 is 1.43 bits per heavy atom. The average molecular weight is 200 g/mol. The molecule has 5 atom stereocenters. The summed E-state index contributed by atoms with van der Waals surface area (Å²) in [6.07, 6.45) is 0.0752. The summed E-state index contributed by atoms with van der Waals surface area (Å²) in [5.74, 6) is 0. The second-order valence-corrected chi connectivity index (χ2v) is 4.11. The van der Waals surface area contributed by atoms with Gasteiger partial charge in [0.1, 0.15) is 25.7 Å². The zero-order valence-corrected chi connectivity index (χ0v) is 9.15. The molecule has 5 heteroatoms. The van der Waals surface area contributed by atoms with Crippen LogP contribution in [0.15, 0.2) is 0 Å². The maximum atomic E-state index is 5.93. The molecule has 2 rings (SSSR count). The molecule has 0 saturated carbocycles. The third kappa shape index (κ3) is 1.16. The number of rotatable bonds is 3. The van der Waals surface area contributed by atoms with Gasteiger partial charge in [-0.3, -0.25) is 0 Å². The summed E-state index contributed by atoms with van der Waals surface area (Å²) in [5.41, 5.74) is -0.409. The van der Waals surface area contributed by atoms with E-state index in [1.54, 1.807) is 14.2 Å². The quantitative estimate of drug-likeness (QED) is 0.557. The molecule has 2 saturated heterocycles. The first-order chi connectivity index (χ1) is 6.65. The number of hydrogen-bond acceptors (Lipinski definition) is 4. The number of fused-ring (bicyclic) bond motifs is 2. The van der Waals surface area contributed by atoms with E-state index in [0.29, 0.717) is 6.61 Å². The summed E-state index contributed by atoms with van der Waals surface area (Å²) in [6.45, 7) is 2.53. The predicted octanol–water partition coefficient (Wildman–Crippen LogP) is -0.837. The van der Waals surface area contributed by atoms with Gasteiger partial charge < -0.3 is 18.9 Å². The van der Waals surface area contributed by atoms with Crippen LogP contribution in [-0.2, 0) is 18.9 Å². The van der Waals surface area contributed by atoms with Gasteiger partial charge in [0.05, 0.1) is 18.7 Å². The van der Waals surface area contributed by atoms with Crippen molar-refractivity contribution in [2.45, 2.75) is 36.8 Å². The van der Waals surface area contributed by atoms with Crippen LogP contribution < -0.4 is 0 Å². The molecule has 0 aromatic carbocycles. The van der Waals surface area contributed by atoms with Gasteiger partial charge in [0.2, 0.25) is 0 Å². The lowest BCUT2D eigenvalue weighted by molar-refractivity contribution is -0.178. The second-order valence-electron chi connectivity index (χ2n) is 4.11. The van der Waals surface area contributed by atoms with E-state index >= 15 is 0 Å². The highest BCUT2D eigenvalue weighted by Gasteiger charge is 2.64. The van der Waals surface area contributed by atoms with E-state index in [2.05, 4.69) is 0 Å². The predicted molar refractivity (Wildman–Crippen MR) is 53.2 cm³/mol. The lowest BCUT2D eigenvalue weighted by Gasteiger charge is -2.34. The zero-order valence-electron chi connectivity index (χ0n) is 9.15. The Bertz CT molecular complexity index is 225. The molecule has 0 amide bonds. The first kappa shape index (κ1) is 10.4. The lowest BCUT2D eigenvalue weighted by atomic mass is 9.90. The highest BCUT2D eigenvalue weighted by atomic mass is 16.7. The van der Waals surface area contributed by atoms with Crippen molar-refractivity contribution < 1.29 is 18.9 Å². The molecule has 0 aromatic heterocycles. The van der Waals surface area contributed by atoms with E-state index in [1.165, 1.54) is 0 Å². The third-order valence-corrected chi connectivity index (χ3v) is 3.32. The Labute approximate surface area is 85.3 Å². The van der Waals surface area contributed by atoms with Crippen molar-refractivity contribution in [2.24, 2.45) is 0 Å². The number of methoxy groups -OCH3 is 2. The summed E-state index contributed by atoms with van der Waals surface area (Å²) in [6, 6.07) is 0.0892. The van der Waals surface area contributed by atoms with E-state index in [-0.39, 0.29) is 24.3 Å². The third-order valence-electron chi connectivity index (χ3n) is 3.32. The monoisotopic (exact) mass is 200 g/mol. The normalized spacial score (nSPS) is 51.4. The van der Waals surface area contributed by atoms with Gasteiger partial charge in [-0.25, -0.2) is 0 Å². The minimum absolute atomic E-state index is 0.00699. The Balaban J connectivity index is 2.25. The van der Waals surface area contributed by atoms with Crippen LogP contribution in [0.3, 0.4) is 0 Å². The van der Waals surface area contributed by atoms with Gasteiger partial charge in [-0.15, -0.1) is 0 Å². The van der Waals surface area contributed by atoms with Crippen LogP contribution in [0.25, 0.3) is 0 Å². The first-order valence-electron chi connectivity index (χ1n) is 5.00. The summed E-state index contributed by atoms with van der Waals surface area (Å²) in [4.78, 5) is 0. The molecule has 2 aliphatic heterocycles. The van der Waals surface area contributed by atoms with Crippen LogP contribution in [0, 0.1) is 0 Å². The smallest absolute Gasteiger partial charge is 0.145 e. The van der Waals surface area contributed by atoms with E-state index in [1.807, 2.05) is 14.8 Å². The van der Waals surface area contributed by atoms with Gasteiger partial charge in [0.15, 0.2) is 0 Å². The van der Waals surface area contributed by atoms with Gasteiger partial charge in [-0.2, -0.15) is 0 Å². The van der Waals surface area contributed by atoms with Crippen molar-refractivity contribution in [3.8, 4) is 0 Å². The van der Waals surface area contributed by atoms with E-state index in [0.717, 1.165) is 0 Å². The van der Waals surface area contributed by atoms with Crippen molar-refractivity contribution in [1.82, 2.24) is 0 Å². The molecule has 0 N–H and O–H groups in total. The van der Waals surface area contributed by atoms with Gasteiger partial charge in [0, 0.05) is 14.2 Å². The van der Waals surface area contributed by atoms with Crippen molar-refractivity contribution in [3.63, 3.8) is 0 Å². The molecule has 0 spiro atoms. The SMILES string of the molecule is BC1OC2(COC)C(C)OC1C2OC. The Hall–Kier alpha value is -0.0951. The van der Waals surface area contributed by atoms with Gasteiger partial charge in [-0.1, -0.05) is 0 Å². The van der Waals surface area contributed by atoms with Crippen LogP contribution >= 0.6 is 0 Å². The largest absolute Gasteiger partial charge is 0.381 e. The van der Waals surface area contributed by atoms with E-state index < -0.39 is 5.60 Å². The standard InChI is InChI=1S/C9H17BO4/c1-5-9(4-11-2)7(12-3)6(13-5)8(10)14-9/h5-8H,4,10H2,1-3H3. The molecule has 0 aliphatic carbocycles. The molecule has 2 bridgehead atoms. The fraction of sp³-hybridized carbons (Fsp3) is 1.00. The molecule has 2 fully saturated rings. The summed E-state index contributed by atoms with van der Waals surface area (Å²) < 4.78 is 22.4. The summed E-state index contributed by atoms with van der Waals surface area (Å²) in [5, 5.41) is 0. The molecule has 80 valence electrons. The highest BCUT2D eigenvalue weighted by Crippen LogP contribution is 2.44. The van der Waals surface area contributed by atoms with Crippen molar-refractivity contribution in [1.29, 1.82) is 0 Å². The van der Waals surface area contributed by atoms with Crippen LogP contribution in [0.2, 0.25) is 0 Å². The Morgan fingerprint density at radius 3 is 2.71 bits per heavy atom. The molecule has 2 heterocycles. The van der Waals surface area contributed by atoms with Crippen LogP contribution in [0.4, 0.5) is 0 Å². The molecule has 4 nitrogen and oxygen atoms in total. The maximum absolute atomic E-state index is 5.93. The van der Waals surface area contributed by atoms with Crippen LogP contribution in [0.1, 0.15) is 6.92 Å². The second kappa shape index (κ2) is 3.49. The summed E-state index contributed by atoms with van der Waals surface area (Å²) >= 11 is 0. The topological polar surface area (TPSA) is 36.9 Å². The minimum Gasteiger partial charge on any atom is -0.381 e. The highest BCUT2D eigenvalue weighted by molar-refractivity contribution is 6.11. The Kier molecular flexibility index (Phi) is 2.60. The van der Waals surface area contributed by atoms with Crippen LogP contribution in [0.5, 0.6) is 0 Å². The van der Waals surface area contributed by atoms with Gasteiger partial charge in [0.25, 0.3) is 0 Å². The Morgan fingerprint density at radius 2 is 2.14 bits per heavy atom. The molecule has 0 aromatic rings. The number of hydrogen-bond donors (Lipinski definition) is 0.